The lowest BCUT2D eigenvalue weighted by molar-refractivity contribution is -0.131. The van der Waals surface area contributed by atoms with Crippen LogP contribution in [0, 0.1) is 6.92 Å². The van der Waals surface area contributed by atoms with Crippen LogP contribution in [0.5, 0.6) is 5.75 Å². The van der Waals surface area contributed by atoms with Crippen LogP contribution in [0.4, 0.5) is 0 Å². The Morgan fingerprint density at radius 3 is 2.77 bits per heavy atom. The highest BCUT2D eigenvalue weighted by Gasteiger charge is 2.06. The lowest BCUT2D eigenvalue weighted by atomic mass is 10.1. The van der Waals surface area contributed by atoms with E-state index in [2.05, 4.69) is 15.9 Å². The van der Waals surface area contributed by atoms with Gasteiger partial charge in [-0.25, -0.2) is 0 Å². The van der Waals surface area contributed by atoms with Gasteiger partial charge < -0.3 is 4.74 Å². The zero-order chi connectivity index (χ0) is 9.84. The molecular formula is C10H11BrO2. The van der Waals surface area contributed by atoms with Crippen LogP contribution in [-0.2, 0) is 10.1 Å². The summed E-state index contributed by atoms with van der Waals surface area (Å²) in [4.78, 5) is 10.8. The van der Waals surface area contributed by atoms with Crippen molar-refractivity contribution in [2.45, 2.75) is 19.2 Å². The Morgan fingerprint density at radius 2 is 2.23 bits per heavy atom. The number of hydrogen-bond acceptors (Lipinski definition) is 2. The number of esters is 1. The molecular weight excluding hydrogens is 232 g/mol. The third-order valence-electron chi connectivity index (χ3n) is 1.75. The van der Waals surface area contributed by atoms with Gasteiger partial charge >= 0.3 is 5.97 Å². The van der Waals surface area contributed by atoms with E-state index in [1.54, 1.807) is 6.07 Å². The van der Waals surface area contributed by atoms with Crippen LogP contribution < -0.4 is 4.74 Å². The summed E-state index contributed by atoms with van der Waals surface area (Å²) in [7, 11) is 0. The number of ether oxygens (including phenoxy) is 1. The van der Waals surface area contributed by atoms with Crippen molar-refractivity contribution in [3.63, 3.8) is 0 Å². The van der Waals surface area contributed by atoms with Crippen molar-refractivity contribution in [2.24, 2.45) is 0 Å². The zero-order valence-corrected chi connectivity index (χ0v) is 9.22. The number of carbonyl (C=O) groups excluding carboxylic acids is 1. The topological polar surface area (TPSA) is 26.3 Å². The Labute approximate surface area is 86.0 Å². The average Bonchev–Trinajstić information content (AvgIpc) is 2.03. The van der Waals surface area contributed by atoms with Gasteiger partial charge in [-0.15, -0.1) is 0 Å². The van der Waals surface area contributed by atoms with Crippen LogP contribution in [0.25, 0.3) is 0 Å². The first kappa shape index (κ1) is 10.3. The van der Waals surface area contributed by atoms with Crippen molar-refractivity contribution in [1.29, 1.82) is 0 Å². The highest BCUT2D eigenvalue weighted by atomic mass is 79.9. The minimum Gasteiger partial charge on any atom is -0.426 e. The minimum atomic E-state index is -0.284. The third-order valence-corrected chi connectivity index (χ3v) is 2.32. The molecule has 1 aromatic rings. The molecule has 0 aromatic heterocycles. The van der Waals surface area contributed by atoms with E-state index in [0.717, 1.165) is 11.1 Å². The molecule has 1 aromatic carbocycles. The Morgan fingerprint density at radius 1 is 1.54 bits per heavy atom. The van der Waals surface area contributed by atoms with Crippen LogP contribution >= 0.6 is 15.9 Å². The maximum Gasteiger partial charge on any atom is 0.308 e. The van der Waals surface area contributed by atoms with E-state index in [0.29, 0.717) is 11.1 Å². The second kappa shape index (κ2) is 4.42. The number of aryl methyl sites for hydroxylation is 1. The first-order valence-electron chi connectivity index (χ1n) is 3.98. The predicted octanol–water partition coefficient (Wildman–Crippen LogP) is 2.82. The highest BCUT2D eigenvalue weighted by Crippen LogP contribution is 2.24. The van der Waals surface area contributed by atoms with E-state index in [-0.39, 0.29) is 5.97 Å². The van der Waals surface area contributed by atoms with Gasteiger partial charge in [0.05, 0.1) is 0 Å². The quantitative estimate of drug-likeness (QED) is 0.453. The predicted molar refractivity (Wildman–Crippen MR) is 55.1 cm³/mol. The maximum absolute atomic E-state index is 10.8. The highest BCUT2D eigenvalue weighted by molar-refractivity contribution is 9.08. The number of halogens is 1. The lowest BCUT2D eigenvalue weighted by Gasteiger charge is -2.08. The molecule has 2 nitrogen and oxygen atoms in total. The first-order valence-corrected chi connectivity index (χ1v) is 5.10. The summed E-state index contributed by atoms with van der Waals surface area (Å²) < 4.78 is 5.05. The maximum atomic E-state index is 10.8. The molecule has 3 heteroatoms. The minimum absolute atomic E-state index is 0.284. The molecule has 0 radical (unpaired) electrons. The first-order chi connectivity index (χ1) is 6.15. The molecule has 0 heterocycles. The van der Waals surface area contributed by atoms with E-state index in [9.17, 15) is 4.79 Å². The number of hydrogen-bond donors (Lipinski definition) is 0. The van der Waals surface area contributed by atoms with Crippen LogP contribution in [0.1, 0.15) is 18.1 Å². The number of benzene rings is 1. The smallest absolute Gasteiger partial charge is 0.308 e. The molecule has 0 aliphatic carbocycles. The van der Waals surface area contributed by atoms with Gasteiger partial charge in [0.2, 0.25) is 0 Å². The molecule has 0 spiro atoms. The van der Waals surface area contributed by atoms with E-state index in [1.807, 2.05) is 19.1 Å². The summed E-state index contributed by atoms with van der Waals surface area (Å²) in [6.07, 6.45) is 0. The fourth-order valence-corrected chi connectivity index (χ4v) is 1.82. The van der Waals surface area contributed by atoms with Crippen molar-refractivity contribution in [2.75, 3.05) is 0 Å². The molecule has 0 saturated carbocycles. The van der Waals surface area contributed by atoms with Gasteiger partial charge in [-0.3, -0.25) is 4.79 Å². The van der Waals surface area contributed by atoms with Crippen molar-refractivity contribution in [3.05, 3.63) is 29.3 Å². The fourth-order valence-electron chi connectivity index (χ4n) is 1.10. The van der Waals surface area contributed by atoms with Crippen molar-refractivity contribution >= 4 is 21.9 Å². The van der Waals surface area contributed by atoms with Crippen molar-refractivity contribution in [1.82, 2.24) is 0 Å². The molecule has 0 amide bonds. The van der Waals surface area contributed by atoms with E-state index in [1.165, 1.54) is 6.92 Å². The van der Waals surface area contributed by atoms with Crippen LogP contribution in [0.3, 0.4) is 0 Å². The Balaban J connectivity index is 3.05. The van der Waals surface area contributed by atoms with Gasteiger partial charge in [-0.05, 0) is 18.6 Å². The zero-order valence-electron chi connectivity index (χ0n) is 7.63. The largest absolute Gasteiger partial charge is 0.426 e. The second-order valence-corrected chi connectivity index (χ2v) is 3.34. The SMILES string of the molecule is CC(=O)Oc1cccc(C)c1CBr. The second-order valence-electron chi connectivity index (χ2n) is 2.78. The normalized spacial score (nSPS) is 9.77. The molecule has 13 heavy (non-hydrogen) atoms. The van der Waals surface area contributed by atoms with Crippen LogP contribution in [0.2, 0.25) is 0 Å². The summed E-state index contributed by atoms with van der Waals surface area (Å²) in [5.41, 5.74) is 2.15. The van der Waals surface area contributed by atoms with Gasteiger partial charge in [-0.2, -0.15) is 0 Å². The Hall–Kier alpha value is -0.830. The molecule has 0 aliphatic heterocycles. The molecule has 0 aliphatic rings. The van der Waals surface area contributed by atoms with Gasteiger partial charge in [0.1, 0.15) is 5.75 Å². The molecule has 0 unspecified atom stereocenters. The summed E-state index contributed by atoms with van der Waals surface area (Å²) >= 11 is 3.36. The Bertz CT molecular complexity index is 321. The third kappa shape index (κ3) is 2.56. The molecule has 0 saturated heterocycles. The molecule has 0 bridgehead atoms. The van der Waals surface area contributed by atoms with E-state index >= 15 is 0 Å². The molecule has 70 valence electrons. The van der Waals surface area contributed by atoms with Crippen LogP contribution in [-0.4, -0.2) is 5.97 Å². The monoisotopic (exact) mass is 242 g/mol. The van der Waals surface area contributed by atoms with Crippen molar-refractivity contribution < 1.29 is 9.53 Å². The van der Waals surface area contributed by atoms with Gasteiger partial charge in [-0.1, -0.05) is 28.1 Å². The van der Waals surface area contributed by atoms with E-state index < -0.39 is 0 Å². The molecule has 0 atom stereocenters. The number of rotatable bonds is 2. The number of alkyl halides is 1. The van der Waals surface area contributed by atoms with Crippen molar-refractivity contribution in [3.8, 4) is 5.75 Å². The Kier molecular flexibility index (Phi) is 3.48. The fraction of sp³-hybridized carbons (Fsp3) is 0.300. The number of carbonyl (C=O) groups is 1. The molecule has 0 N–H and O–H groups in total. The summed E-state index contributed by atoms with van der Waals surface area (Å²) in [6.45, 7) is 3.39. The summed E-state index contributed by atoms with van der Waals surface area (Å²) in [5.74, 6) is 0.358. The van der Waals surface area contributed by atoms with E-state index in [4.69, 9.17) is 4.74 Å². The summed E-state index contributed by atoms with van der Waals surface area (Å²) in [5, 5.41) is 0.697. The van der Waals surface area contributed by atoms with Gasteiger partial charge in [0, 0.05) is 17.8 Å². The lowest BCUT2D eigenvalue weighted by Crippen LogP contribution is -2.04. The molecule has 1 rings (SSSR count). The summed E-state index contributed by atoms with van der Waals surface area (Å²) in [6, 6.07) is 5.66. The standard InChI is InChI=1S/C10H11BrO2/c1-7-4-3-5-10(9(7)6-11)13-8(2)12/h3-5H,6H2,1-2H3. The van der Waals surface area contributed by atoms with Gasteiger partial charge in [0.25, 0.3) is 0 Å². The van der Waals surface area contributed by atoms with Crippen LogP contribution in [0.15, 0.2) is 18.2 Å². The van der Waals surface area contributed by atoms with Gasteiger partial charge in [0.15, 0.2) is 0 Å². The average molecular weight is 243 g/mol. The molecule has 0 fully saturated rings.